The number of nitrogens with zero attached hydrogens (tertiary/aromatic N) is 2. The van der Waals surface area contributed by atoms with E-state index in [0.29, 0.717) is 0 Å². The maximum Gasteiger partial charge on any atom is 0.335 e. The molecule has 0 fully saturated rings. The number of aromatic carboxylic acids is 1. The van der Waals surface area contributed by atoms with Crippen molar-refractivity contribution in [2.45, 2.75) is 26.0 Å². The summed E-state index contributed by atoms with van der Waals surface area (Å²) in [7, 11) is 0. The van der Waals surface area contributed by atoms with Gasteiger partial charge in [0.2, 0.25) is 5.88 Å². The van der Waals surface area contributed by atoms with Crippen molar-refractivity contribution in [3.05, 3.63) is 83.3 Å². The highest BCUT2D eigenvalue weighted by molar-refractivity contribution is 5.96. The summed E-state index contributed by atoms with van der Waals surface area (Å²) in [6.07, 6.45) is 2.57. The van der Waals surface area contributed by atoms with Gasteiger partial charge in [0.05, 0.1) is 11.2 Å². The molecule has 0 spiro atoms. The minimum Gasteiger partial charge on any atom is -0.478 e. The van der Waals surface area contributed by atoms with Gasteiger partial charge >= 0.3 is 5.97 Å². The van der Waals surface area contributed by atoms with Crippen LogP contribution in [0, 0.1) is 0 Å². The SMILES string of the molecule is CC(C)(O)c1ccc(CNC(=O)c2cncnc2Oc2cccc(C(=O)O)c2)cc1. The van der Waals surface area contributed by atoms with E-state index >= 15 is 0 Å². The number of ether oxygens (including phenoxy) is 1. The first-order chi connectivity index (χ1) is 14.2. The van der Waals surface area contributed by atoms with Gasteiger partial charge in [-0.3, -0.25) is 4.79 Å². The van der Waals surface area contributed by atoms with Crippen LogP contribution in [0.4, 0.5) is 0 Å². The van der Waals surface area contributed by atoms with E-state index in [1.807, 2.05) is 12.1 Å². The summed E-state index contributed by atoms with van der Waals surface area (Å²) in [6, 6.07) is 13.1. The zero-order valence-electron chi connectivity index (χ0n) is 16.5. The lowest BCUT2D eigenvalue weighted by molar-refractivity contribution is 0.0695. The lowest BCUT2D eigenvalue weighted by Gasteiger charge is -2.18. The Morgan fingerprint density at radius 2 is 1.87 bits per heavy atom. The molecule has 0 saturated heterocycles. The fourth-order valence-corrected chi connectivity index (χ4v) is 2.67. The molecule has 1 aromatic heterocycles. The average Bonchev–Trinajstić information content (AvgIpc) is 2.72. The molecule has 0 radical (unpaired) electrons. The predicted molar refractivity (Wildman–Crippen MR) is 108 cm³/mol. The number of carbonyl (C=O) groups is 2. The molecule has 0 aliphatic carbocycles. The molecule has 3 N–H and O–H groups in total. The van der Waals surface area contributed by atoms with Gasteiger partial charge in [-0.25, -0.2) is 14.8 Å². The van der Waals surface area contributed by atoms with Crippen LogP contribution in [0.2, 0.25) is 0 Å². The van der Waals surface area contributed by atoms with Gasteiger partial charge in [-0.05, 0) is 43.2 Å². The van der Waals surface area contributed by atoms with Crippen LogP contribution in [-0.2, 0) is 12.1 Å². The van der Waals surface area contributed by atoms with Gasteiger partial charge in [-0.15, -0.1) is 0 Å². The molecule has 0 saturated carbocycles. The Morgan fingerprint density at radius 1 is 1.13 bits per heavy atom. The van der Waals surface area contributed by atoms with Crippen molar-refractivity contribution in [2.24, 2.45) is 0 Å². The Kier molecular flexibility index (Phi) is 6.08. The fraction of sp³-hybridized carbons (Fsp3) is 0.182. The summed E-state index contributed by atoms with van der Waals surface area (Å²) < 4.78 is 5.62. The normalized spacial score (nSPS) is 11.0. The van der Waals surface area contributed by atoms with Gasteiger partial charge < -0.3 is 20.3 Å². The number of carboxylic acids is 1. The largest absolute Gasteiger partial charge is 0.478 e. The van der Waals surface area contributed by atoms with E-state index in [2.05, 4.69) is 15.3 Å². The van der Waals surface area contributed by atoms with E-state index in [0.717, 1.165) is 11.1 Å². The number of benzene rings is 2. The molecule has 2 aromatic carbocycles. The third kappa shape index (κ3) is 5.18. The van der Waals surface area contributed by atoms with Gasteiger partial charge in [-0.2, -0.15) is 0 Å². The molecular weight excluding hydrogens is 386 g/mol. The van der Waals surface area contributed by atoms with Crippen LogP contribution in [0.15, 0.2) is 61.1 Å². The zero-order chi connectivity index (χ0) is 21.7. The number of nitrogens with one attached hydrogen (secondary N) is 1. The van der Waals surface area contributed by atoms with E-state index in [4.69, 9.17) is 9.84 Å². The van der Waals surface area contributed by atoms with Gasteiger partial charge in [0.25, 0.3) is 5.91 Å². The van der Waals surface area contributed by atoms with E-state index in [9.17, 15) is 14.7 Å². The van der Waals surface area contributed by atoms with Crippen molar-refractivity contribution < 1.29 is 24.5 Å². The van der Waals surface area contributed by atoms with Crippen LogP contribution in [0.3, 0.4) is 0 Å². The van der Waals surface area contributed by atoms with Gasteiger partial charge in [0.15, 0.2) is 0 Å². The first-order valence-electron chi connectivity index (χ1n) is 9.15. The fourth-order valence-electron chi connectivity index (χ4n) is 2.67. The molecule has 0 aliphatic rings. The predicted octanol–water partition coefficient (Wildman–Crippen LogP) is 3.12. The second kappa shape index (κ2) is 8.71. The molecule has 0 unspecified atom stereocenters. The van der Waals surface area contributed by atoms with Crippen LogP contribution < -0.4 is 10.1 Å². The Balaban J connectivity index is 1.71. The van der Waals surface area contributed by atoms with Crippen LogP contribution >= 0.6 is 0 Å². The second-order valence-corrected chi connectivity index (χ2v) is 7.12. The summed E-state index contributed by atoms with van der Waals surface area (Å²) in [5.74, 6) is -1.27. The summed E-state index contributed by atoms with van der Waals surface area (Å²) >= 11 is 0. The minimum absolute atomic E-state index is 0.0161. The highest BCUT2D eigenvalue weighted by atomic mass is 16.5. The molecule has 30 heavy (non-hydrogen) atoms. The van der Waals surface area contributed by atoms with Crippen LogP contribution in [0.25, 0.3) is 0 Å². The first-order valence-corrected chi connectivity index (χ1v) is 9.15. The Labute approximate surface area is 173 Å². The standard InChI is InChI=1S/C22H21N3O5/c1-22(2,29)16-8-6-14(7-9-16)11-24-19(26)18-12-23-13-25-20(18)30-17-5-3-4-15(10-17)21(27)28/h3-10,12-13,29H,11H2,1-2H3,(H,24,26)(H,27,28). The quantitative estimate of drug-likeness (QED) is 0.550. The number of carbonyl (C=O) groups excluding carboxylic acids is 1. The first kappa shape index (κ1) is 20.9. The third-order valence-electron chi connectivity index (χ3n) is 4.33. The Morgan fingerprint density at radius 3 is 2.53 bits per heavy atom. The number of hydrogen-bond acceptors (Lipinski definition) is 6. The molecule has 3 rings (SSSR count). The van der Waals surface area contributed by atoms with Crippen molar-refractivity contribution in [2.75, 3.05) is 0 Å². The highest BCUT2D eigenvalue weighted by Gasteiger charge is 2.17. The molecule has 8 heteroatoms. The molecule has 1 amide bonds. The molecule has 154 valence electrons. The topological polar surface area (TPSA) is 122 Å². The smallest absolute Gasteiger partial charge is 0.335 e. The lowest BCUT2D eigenvalue weighted by Crippen LogP contribution is -2.24. The van der Waals surface area contributed by atoms with E-state index in [-0.39, 0.29) is 29.3 Å². The average molecular weight is 407 g/mol. The van der Waals surface area contributed by atoms with Gasteiger partial charge in [0, 0.05) is 12.7 Å². The summed E-state index contributed by atoms with van der Waals surface area (Å²) in [5.41, 5.74) is 0.861. The van der Waals surface area contributed by atoms with Crippen molar-refractivity contribution in [1.29, 1.82) is 0 Å². The molecular formula is C22H21N3O5. The molecule has 1 heterocycles. The summed E-state index contributed by atoms with van der Waals surface area (Å²) in [5, 5.41) is 21.9. The van der Waals surface area contributed by atoms with Gasteiger partial charge in [-0.1, -0.05) is 30.3 Å². The molecule has 0 aliphatic heterocycles. The second-order valence-electron chi connectivity index (χ2n) is 7.12. The molecule has 3 aromatic rings. The minimum atomic E-state index is -1.09. The zero-order valence-corrected chi connectivity index (χ0v) is 16.5. The van der Waals surface area contributed by atoms with Crippen molar-refractivity contribution in [1.82, 2.24) is 15.3 Å². The maximum absolute atomic E-state index is 12.6. The van der Waals surface area contributed by atoms with Crippen molar-refractivity contribution in [3.8, 4) is 11.6 Å². The summed E-state index contributed by atoms with van der Waals surface area (Å²) in [6.45, 7) is 3.66. The summed E-state index contributed by atoms with van der Waals surface area (Å²) in [4.78, 5) is 31.6. The number of amides is 1. The maximum atomic E-state index is 12.6. The molecule has 0 atom stereocenters. The lowest BCUT2D eigenvalue weighted by atomic mass is 9.97. The molecule has 8 nitrogen and oxygen atoms in total. The Hall–Kier alpha value is -3.78. The van der Waals surface area contributed by atoms with Crippen molar-refractivity contribution in [3.63, 3.8) is 0 Å². The van der Waals surface area contributed by atoms with E-state index < -0.39 is 17.5 Å². The van der Waals surface area contributed by atoms with Crippen LogP contribution in [0.5, 0.6) is 11.6 Å². The van der Waals surface area contributed by atoms with Crippen molar-refractivity contribution >= 4 is 11.9 Å². The number of aromatic nitrogens is 2. The Bertz CT molecular complexity index is 1060. The number of carboxylic acid groups (broad SMARTS) is 1. The monoisotopic (exact) mass is 407 g/mol. The number of hydrogen-bond donors (Lipinski definition) is 3. The highest BCUT2D eigenvalue weighted by Crippen LogP contribution is 2.24. The van der Waals surface area contributed by atoms with E-state index in [1.165, 1.54) is 30.7 Å². The van der Waals surface area contributed by atoms with Crippen LogP contribution in [-0.4, -0.2) is 32.1 Å². The van der Waals surface area contributed by atoms with Crippen LogP contribution in [0.1, 0.15) is 45.7 Å². The van der Waals surface area contributed by atoms with E-state index in [1.54, 1.807) is 32.0 Å². The third-order valence-corrected chi connectivity index (χ3v) is 4.33. The number of rotatable bonds is 7. The number of aliphatic hydroxyl groups is 1. The van der Waals surface area contributed by atoms with Gasteiger partial charge in [0.1, 0.15) is 17.6 Å². The molecule has 0 bridgehead atoms.